The highest BCUT2D eigenvalue weighted by Gasteiger charge is 2.44. The molecule has 1 atom stereocenters. The maximum atomic E-state index is 5.81. The van der Waals surface area contributed by atoms with Crippen LogP contribution in [0.5, 0.6) is 0 Å². The molecule has 10 heavy (non-hydrogen) atoms. The molecule has 1 spiro atoms. The fraction of sp³-hybridized carbons (Fsp3) is 1.00. The number of rotatable bonds is 1. The van der Waals surface area contributed by atoms with Crippen molar-refractivity contribution in [3.05, 3.63) is 0 Å². The Bertz CT molecular complexity index is 131. The van der Waals surface area contributed by atoms with Gasteiger partial charge in [0.25, 0.3) is 0 Å². The van der Waals surface area contributed by atoms with E-state index in [9.17, 15) is 0 Å². The fourth-order valence-corrected chi connectivity index (χ4v) is 2.00. The van der Waals surface area contributed by atoms with Crippen LogP contribution in [-0.4, -0.2) is 18.2 Å². The Labute approximate surface area is 61.7 Å². The average molecular weight is 141 g/mol. The third-order valence-corrected chi connectivity index (χ3v) is 2.87. The van der Waals surface area contributed by atoms with Crippen LogP contribution in [0, 0.1) is 0 Å². The van der Waals surface area contributed by atoms with Crippen molar-refractivity contribution in [3.8, 4) is 0 Å². The standard InChI is InChI=1S/C8H15NO/c9-6-7-2-5-8(10-7)3-1-4-8/h7H,1-6,9H2/t7-/m0/s1. The van der Waals surface area contributed by atoms with Gasteiger partial charge in [-0.2, -0.15) is 0 Å². The second-order valence-electron chi connectivity index (χ2n) is 3.55. The molecule has 2 rings (SSSR count). The Balaban J connectivity index is 1.92. The molecular weight excluding hydrogens is 126 g/mol. The molecular formula is C8H15NO. The molecule has 1 aliphatic carbocycles. The van der Waals surface area contributed by atoms with Crippen molar-refractivity contribution in [1.82, 2.24) is 0 Å². The lowest BCUT2D eigenvalue weighted by Crippen LogP contribution is -2.37. The Morgan fingerprint density at radius 3 is 2.50 bits per heavy atom. The van der Waals surface area contributed by atoms with E-state index < -0.39 is 0 Å². The van der Waals surface area contributed by atoms with Crippen LogP contribution in [-0.2, 0) is 4.74 Å². The van der Waals surface area contributed by atoms with Crippen molar-refractivity contribution >= 4 is 0 Å². The predicted molar refractivity (Wildman–Crippen MR) is 39.7 cm³/mol. The quantitative estimate of drug-likeness (QED) is 0.592. The summed E-state index contributed by atoms with van der Waals surface area (Å²) in [7, 11) is 0. The zero-order chi connectivity index (χ0) is 7.03. The first kappa shape index (κ1) is 6.62. The minimum Gasteiger partial charge on any atom is -0.370 e. The van der Waals surface area contributed by atoms with Crippen LogP contribution in [0.1, 0.15) is 32.1 Å². The molecule has 2 aliphatic rings. The second kappa shape index (κ2) is 2.21. The highest BCUT2D eigenvalue weighted by Crippen LogP contribution is 2.45. The largest absolute Gasteiger partial charge is 0.370 e. The van der Waals surface area contributed by atoms with Crippen LogP contribution >= 0.6 is 0 Å². The molecule has 0 unspecified atom stereocenters. The van der Waals surface area contributed by atoms with E-state index in [0.717, 1.165) is 0 Å². The molecule has 1 saturated carbocycles. The van der Waals surface area contributed by atoms with E-state index in [1.165, 1.54) is 32.1 Å². The van der Waals surface area contributed by atoms with E-state index in [2.05, 4.69) is 0 Å². The molecule has 0 bridgehead atoms. The second-order valence-corrected chi connectivity index (χ2v) is 3.55. The van der Waals surface area contributed by atoms with E-state index >= 15 is 0 Å². The lowest BCUT2D eigenvalue weighted by atomic mass is 9.78. The fourth-order valence-electron chi connectivity index (χ4n) is 2.00. The third-order valence-electron chi connectivity index (χ3n) is 2.87. The first-order chi connectivity index (χ1) is 4.85. The molecule has 2 fully saturated rings. The van der Waals surface area contributed by atoms with Crippen LogP contribution in [0.25, 0.3) is 0 Å². The first-order valence-electron chi connectivity index (χ1n) is 4.23. The van der Waals surface area contributed by atoms with Gasteiger partial charge in [-0.15, -0.1) is 0 Å². The van der Waals surface area contributed by atoms with Gasteiger partial charge in [0.1, 0.15) is 0 Å². The van der Waals surface area contributed by atoms with Crippen LogP contribution in [0.2, 0.25) is 0 Å². The molecule has 1 aliphatic heterocycles. The van der Waals surface area contributed by atoms with Crippen LogP contribution in [0.3, 0.4) is 0 Å². The van der Waals surface area contributed by atoms with Gasteiger partial charge in [0.05, 0.1) is 11.7 Å². The molecule has 1 heterocycles. The summed E-state index contributed by atoms with van der Waals surface area (Å²) in [5.41, 5.74) is 5.82. The average Bonchev–Trinajstić information content (AvgIpc) is 2.29. The van der Waals surface area contributed by atoms with E-state index in [1.807, 2.05) is 0 Å². The molecule has 0 aromatic heterocycles. The summed E-state index contributed by atoms with van der Waals surface area (Å²) in [5.74, 6) is 0. The van der Waals surface area contributed by atoms with Crippen molar-refractivity contribution in [2.24, 2.45) is 5.73 Å². The summed E-state index contributed by atoms with van der Waals surface area (Å²) in [6, 6.07) is 0. The van der Waals surface area contributed by atoms with Crippen LogP contribution < -0.4 is 5.73 Å². The molecule has 0 aromatic rings. The van der Waals surface area contributed by atoms with Crippen LogP contribution in [0.4, 0.5) is 0 Å². The molecule has 2 nitrogen and oxygen atoms in total. The molecule has 1 saturated heterocycles. The van der Waals surface area contributed by atoms with Crippen molar-refractivity contribution in [1.29, 1.82) is 0 Å². The van der Waals surface area contributed by atoms with E-state index in [0.29, 0.717) is 18.2 Å². The summed E-state index contributed by atoms with van der Waals surface area (Å²) in [6.07, 6.45) is 6.75. The number of hydrogen-bond donors (Lipinski definition) is 1. The lowest BCUT2D eigenvalue weighted by Gasteiger charge is -2.37. The van der Waals surface area contributed by atoms with Gasteiger partial charge >= 0.3 is 0 Å². The molecule has 2 heteroatoms. The Kier molecular flexibility index (Phi) is 1.46. The number of ether oxygens (including phenoxy) is 1. The summed E-state index contributed by atoms with van der Waals surface area (Å²) in [4.78, 5) is 0. The zero-order valence-electron chi connectivity index (χ0n) is 6.31. The highest BCUT2D eigenvalue weighted by molar-refractivity contribution is 4.95. The maximum absolute atomic E-state index is 5.81. The van der Waals surface area contributed by atoms with Crippen molar-refractivity contribution in [2.75, 3.05) is 6.54 Å². The predicted octanol–water partition coefficient (Wildman–Crippen LogP) is 1.05. The van der Waals surface area contributed by atoms with Gasteiger partial charge in [0.2, 0.25) is 0 Å². The minimum absolute atomic E-state index is 0.310. The molecule has 0 amide bonds. The topological polar surface area (TPSA) is 35.2 Å². The smallest absolute Gasteiger partial charge is 0.0705 e. The van der Waals surface area contributed by atoms with Crippen molar-refractivity contribution in [2.45, 2.75) is 43.8 Å². The van der Waals surface area contributed by atoms with Crippen molar-refractivity contribution < 1.29 is 4.74 Å². The summed E-state index contributed by atoms with van der Waals surface area (Å²) < 4.78 is 5.81. The zero-order valence-corrected chi connectivity index (χ0v) is 6.31. The van der Waals surface area contributed by atoms with E-state index in [1.54, 1.807) is 0 Å². The summed E-state index contributed by atoms with van der Waals surface area (Å²) in [6.45, 7) is 0.710. The molecule has 58 valence electrons. The van der Waals surface area contributed by atoms with E-state index in [-0.39, 0.29) is 0 Å². The Morgan fingerprint density at radius 2 is 2.20 bits per heavy atom. The van der Waals surface area contributed by atoms with Gasteiger partial charge in [-0.1, -0.05) is 0 Å². The van der Waals surface area contributed by atoms with Gasteiger partial charge in [-0.25, -0.2) is 0 Å². The highest BCUT2D eigenvalue weighted by atomic mass is 16.5. The lowest BCUT2D eigenvalue weighted by molar-refractivity contribution is -0.0877. The van der Waals surface area contributed by atoms with Gasteiger partial charge in [0, 0.05) is 6.54 Å². The van der Waals surface area contributed by atoms with E-state index in [4.69, 9.17) is 10.5 Å². The molecule has 0 aromatic carbocycles. The first-order valence-corrected chi connectivity index (χ1v) is 4.23. The minimum atomic E-state index is 0.310. The van der Waals surface area contributed by atoms with Crippen LogP contribution in [0.15, 0.2) is 0 Å². The van der Waals surface area contributed by atoms with Gasteiger partial charge in [-0.3, -0.25) is 0 Å². The molecule has 2 N–H and O–H groups in total. The Morgan fingerprint density at radius 1 is 1.40 bits per heavy atom. The Hall–Kier alpha value is -0.0800. The van der Waals surface area contributed by atoms with Crippen molar-refractivity contribution in [3.63, 3.8) is 0 Å². The maximum Gasteiger partial charge on any atom is 0.0705 e. The van der Waals surface area contributed by atoms with Gasteiger partial charge < -0.3 is 10.5 Å². The number of hydrogen-bond acceptors (Lipinski definition) is 2. The third kappa shape index (κ3) is 0.867. The molecule has 0 radical (unpaired) electrons. The summed E-state index contributed by atoms with van der Waals surface area (Å²) in [5, 5.41) is 0. The monoisotopic (exact) mass is 141 g/mol. The van der Waals surface area contributed by atoms with Gasteiger partial charge in [0.15, 0.2) is 0 Å². The summed E-state index contributed by atoms with van der Waals surface area (Å²) >= 11 is 0. The van der Waals surface area contributed by atoms with Gasteiger partial charge in [-0.05, 0) is 32.1 Å². The SMILES string of the molecule is NC[C@@H]1CCC2(CCC2)O1. The number of nitrogens with two attached hydrogens (primary N) is 1. The normalized spacial score (nSPS) is 36.3.